The zero-order chi connectivity index (χ0) is 17.0. The lowest BCUT2D eigenvalue weighted by Gasteiger charge is -2.10. The SMILES string of the molecule is O=C1CC(c2ccc(S(=O)(=O)NCCc3ccccc3)cc2)CN1. The second-order valence-corrected chi connectivity index (χ2v) is 7.67. The fourth-order valence-corrected chi connectivity index (χ4v) is 3.85. The van der Waals surface area contributed by atoms with Gasteiger partial charge in [0.15, 0.2) is 0 Å². The van der Waals surface area contributed by atoms with Crippen molar-refractivity contribution in [2.45, 2.75) is 23.7 Å². The number of rotatable bonds is 6. The molecule has 0 aliphatic carbocycles. The van der Waals surface area contributed by atoms with Gasteiger partial charge in [-0.2, -0.15) is 0 Å². The first-order valence-corrected chi connectivity index (χ1v) is 9.43. The molecule has 126 valence electrons. The van der Waals surface area contributed by atoms with Gasteiger partial charge in [0.2, 0.25) is 15.9 Å². The van der Waals surface area contributed by atoms with Gasteiger partial charge in [-0.25, -0.2) is 13.1 Å². The van der Waals surface area contributed by atoms with Crippen molar-refractivity contribution in [3.05, 3.63) is 65.7 Å². The smallest absolute Gasteiger partial charge is 0.240 e. The monoisotopic (exact) mass is 344 g/mol. The molecule has 0 aromatic heterocycles. The number of carbonyl (C=O) groups excluding carboxylic acids is 1. The van der Waals surface area contributed by atoms with E-state index < -0.39 is 10.0 Å². The zero-order valence-corrected chi connectivity index (χ0v) is 14.1. The lowest BCUT2D eigenvalue weighted by molar-refractivity contribution is -0.119. The van der Waals surface area contributed by atoms with Crippen LogP contribution in [0.5, 0.6) is 0 Å². The molecule has 2 N–H and O–H groups in total. The van der Waals surface area contributed by atoms with Gasteiger partial charge in [0.25, 0.3) is 0 Å². The summed E-state index contributed by atoms with van der Waals surface area (Å²) < 4.78 is 27.3. The maximum atomic E-state index is 12.3. The molecule has 1 amide bonds. The summed E-state index contributed by atoms with van der Waals surface area (Å²) >= 11 is 0. The molecule has 1 aliphatic rings. The van der Waals surface area contributed by atoms with E-state index in [1.807, 2.05) is 30.3 Å². The molecular weight excluding hydrogens is 324 g/mol. The third-order valence-electron chi connectivity index (χ3n) is 4.19. The number of hydrogen-bond donors (Lipinski definition) is 2. The Morgan fingerprint density at radius 1 is 1.04 bits per heavy atom. The first kappa shape index (κ1) is 16.7. The molecule has 1 atom stereocenters. The maximum Gasteiger partial charge on any atom is 0.240 e. The van der Waals surface area contributed by atoms with Crippen LogP contribution in [0.1, 0.15) is 23.5 Å². The van der Waals surface area contributed by atoms with E-state index >= 15 is 0 Å². The third-order valence-corrected chi connectivity index (χ3v) is 5.66. The van der Waals surface area contributed by atoms with Crippen molar-refractivity contribution in [1.82, 2.24) is 10.0 Å². The van der Waals surface area contributed by atoms with Gasteiger partial charge in [0, 0.05) is 25.4 Å². The van der Waals surface area contributed by atoms with E-state index in [0.29, 0.717) is 25.9 Å². The summed E-state index contributed by atoms with van der Waals surface area (Å²) in [5.74, 6) is 0.166. The van der Waals surface area contributed by atoms with Gasteiger partial charge in [0.1, 0.15) is 0 Å². The van der Waals surface area contributed by atoms with Gasteiger partial charge >= 0.3 is 0 Å². The van der Waals surface area contributed by atoms with Crippen LogP contribution in [0.3, 0.4) is 0 Å². The van der Waals surface area contributed by atoms with E-state index in [9.17, 15) is 13.2 Å². The molecule has 0 bridgehead atoms. The summed E-state index contributed by atoms with van der Waals surface area (Å²) in [7, 11) is -3.51. The number of carbonyl (C=O) groups is 1. The Morgan fingerprint density at radius 2 is 1.75 bits per heavy atom. The number of hydrogen-bond acceptors (Lipinski definition) is 3. The van der Waals surface area contributed by atoms with Crippen LogP contribution in [-0.4, -0.2) is 27.4 Å². The molecule has 24 heavy (non-hydrogen) atoms. The Bertz CT molecular complexity index is 802. The molecule has 6 heteroatoms. The van der Waals surface area contributed by atoms with Crippen LogP contribution in [0.2, 0.25) is 0 Å². The molecule has 1 heterocycles. The highest BCUT2D eigenvalue weighted by Gasteiger charge is 2.23. The van der Waals surface area contributed by atoms with Gasteiger partial charge in [-0.15, -0.1) is 0 Å². The minimum atomic E-state index is -3.51. The number of nitrogens with one attached hydrogen (secondary N) is 2. The fourth-order valence-electron chi connectivity index (χ4n) is 2.82. The van der Waals surface area contributed by atoms with Gasteiger partial charge in [0.05, 0.1) is 4.90 Å². The van der Waals surface area contributed by atoms with E-state index in [4.69, 9.17) is 0 Å². The van der Waals surface area contributed by atoms with E-state index in [0.717, 1.165) is 11.1 Å². The average Bonchev–Trinajstić information content (AvgIpc) is 3.02. The third kappa shape index (κ3) is 4.01. The zero-order valence-electron chi connectivity index (χ0n) is 13.2. The standard InChI is InChI=1S/C18H20N2O3S/c21-18-12-16(13-19-18)15-6-8-17(9-7-15)24(22,23)20-11-10-14-4-2-1-3-5-14/h1-9,16,20H,10-13H2,(H,19,21). The van der Waals surface area contributed by atoms with Gasteiger partial charge < -0.3 is 5.32 Å². The molecule has 0 saturated carbocycles. The van der Waals surface area contributed by atoms with Crippen LogP contribution in [0.4, 0.5) is 0 Å². The topological polar surface area (TPSA) is 75.3 Å². The van der Waals surface area contributed by atoms with Crippen molar-refractivity contribution < 1.29 is 13.2 Å². The van der Waals surface area contributed by atoms with Crippen LogP contribution in [0.15, 0.2) is 59.5 Å². The molecule has 0 spiro atoms. The molecule has 1 fully saturated rings. The maximum absolute atomic E-state index is 12.3. The molecule has 5 nitrogen and oxygen atoms in total. The average molecular weight is 344 g/mol. The van der Waals surface area contributed by atoms with E-state index in [1.165, 1.54) is 0 Å². The molecule has 0 radical (unpaired) electrons. The predicted molar refractivity (Wildman–Crippen MR) is 92.1 cm³/mol. The Hall–Kier alpha value is -2.18. The first-order chi connectivity index (χ1) is 11.5. The van der Waals surface area contributed by atoms with Gasteiger partial charge in [-0.05, 0) is 29.7 Å². The van der Waals surface area contributed by atoms with Gasteiger partial charge in [-0.1, -0.05) is 42.5 Å². The summed E-state index contributed by atoms with van der Waals surface area (Å²) in [6.07, 6.45) is 1.11. The number of amides is 1. The number of sulfonamides is 1. The quantitative estimate of drug-likeness (QED) is 0.839. The van der Waals surface area contributed by atoms with Crippen molar-refractivity contribution in [2.24, 2.45) is 0 Å². The molecule has 2 aromatic rings. The van der Waals surface area contributed by atoms with E-state index in [2.05, 4.69) is 10.0 Å². The summed E-state index contributed by atoms with van der Waals surface area (Å²) in [6, 6.07) is 16.5. The van der Waals surface area contributed by atoms with Crippen molar-refractivity contribution in [3.8, 4) is 0 Å². The minimum Gasteiger partial charge on any atom is -0.355 e. The second kappa shape index (κ2) is 7.15. The summed E-state index contributed by atoms with van der Waals surface area (Å²) in [5, 5.41) is 2.79. The van der Waals surface area contributed by atoms with Crippen molar-refractivity contribution in [1.29, 1.82) is 0 Å². The molecule has 1 saturated heterocycles. The van der Waals surface area contributed by atoms with Crippen LogP contribution >= 0.6 is 0 Å². The van der Waals surface area contributed by atoms with Crippen LogP contribution in [-0.2, 0) is 21.2 Å². The van der Waals surface area contributed by atoms with Crippen molar-refractivity contribution in [3.63, 3.8) is 0 Å². The Balaban J connectivity index is 1.61. The Labute approximate surface area is 142 Å². The molecule has 3 rings (SSSR count). The summed E-state index contributed by atoms with van der Waals surface area (Å²) in [6.45, 7) is 0.968. The largest absolute Gasteiger partial charge is 0.355 e. The Morgan fingerprint density at radius 3 is 2.38 bits per heavy atom. The predicted octanol–water partition coefficient (Wildman–Crippen LogP) is 1.81. The highest BCUT2D eigenvalue weighted by Crippen LogP contribution is 2.24. The second-order valence-electron chi connectivity index (χ2n) is 5.91. The van der Waals surface area contributed by atoms with Crippen molar-refractivity contribution >= 4 is 15.9 Å². The highest BCUT2D eigenvalue weighted by molar-refractivity contribution is 7.89. The highest BCUT2D eigenvalue weighted by atomic mass is 32.2. The summed E-state index contributed by atoms with van der Waals surface area (Å²) in [5.41, 5.74) is 2.07. The normalized spacial score (nSPS) is 17.7. The van der Waals surface area contributed by atoms with Crippen LogP contribution in [0, 0.1) is 0 Å². The summed E-state index contributed by atoms with van der Waals surface area (Å²) in [4.78, 5) is 11.5. The molecule has 1 unspecified atom stereocenters. The van der Waals surface area contributed by atoms with Crippen molar-refractivity contribution in [2.75, 3.05) is 13.1 Å². The van der Waals surface area contributed by atoms with E-state index in [1.54, 1.807) is 24.3 Å². The lowest BCUT2D eigenvalue weighted by atomic mass is 9.99. The minimum absolute atomic E-state index is 0.0410. The fraction of sp³-hybridized carbons (Fsp3) is 0.278. The molecule has 1 aliphatic heterocycles. The molecular formula is C18H20N2O3S. The van der Waals surface area contributed by atoms with Crippen LogP contribution in [0.25, 0.3) is 0 Å². The van der Waals surface area contributed by atoms with Gasteiger partial charge in [-0.3, -0.25) is 4.79 Å². The van der Waals surface area contributed by atoms with E-state index in [-0.39, 0.29) is 16.7 Å². The molecule has 2 aromatic carbocycles. The number of benzene rings is 2. The lowest BCUT2D eigenvalue weighted by Crippen LogP contribution is -2.26. The Kier molecular flexibility index (Phi) is 4.97. The first-order valence-electron chi connectivity index (χ1n) is 7.95. The van der Waals surface area contributed by atoms with Crippen LogP contribution < -0.4 is 10.0 Å².